The summed E-state index contributed by atoms with van der Waals surface area (Å²) in [4.78, 5) is 18.7. The summed E-state index contributed by atoms with van der Waals surface area (Å²) in [5.74, 6) is 0.766. The van der Waals surface area contributed by atoms with Gasteiger partial charge in [0.1, 0.15) is 12.4 Å². The number of hydrogen-bond acceptors (Lipinski definition) is 4. The Morgan fingerprint density at radius 2 is 2.04 bits per heavy atom. The molecule has 0 bridgehead atoms. The van der Waals surface area contributed by atoms with Crippen LogP contribution >= 0.6 is 0 Å². The maximum Gasteiger partial charge on any atom is 0.255 e. The van der Waals surface area contributed by atoms with E-state index < -0.39 is 0 Å². The van der Waals surface area contributed by atoms with Gasteiger partial charge >= 0.3 is 0 Å². The molecule has 0 saturated heterocycles. The summed E-state index contributed by atoms with van der Waals surface area (Å²) in [5.41, 5.74) is 2.43. The number of para-hydroxylation sites is 1. The number of carbonyl (C=O) groups excluding carboxylic acids is 1. The molecule has 0 aliphatic heterocycles. The quantitative estimate of drug-likeness (QED) is 0.681. The van der Waals surface area contributed by atoms with Crippen molar-refractivity contribution in [2.24, 2.45) is 0 Å². The number of aryl methyl sites for hydroxylation is 1. The van der Waals surface area contributed by atoms with Crippen LogP contribution in [0.2, 0.25) is 0 Å². The van der Waals surface area contributed by atoms with E-state index in [9.17, 15) is 4.79 Å². The van der Waals surface area contributed by atoms with Gasteiger partial charge < -0.3 is 9.64 Å². The van der Waals surface area contributed by atoms with E-state index in [2.05, 4.69) is 23.9 Å². The Labute approximate surface area is 153 Å². The van der Waals surface area contributed by atoms with Crippen LogP contribution in [0.15, 0.2) is 42.7 Å². The third kappa shape index (κ3) is 3.69. The highest BCUT2D eigenvalue weighted by atomic mass is 16.5. The SMILES string of the molecule is Cc1ccccc1OCCN(C)C(=O)c1cnc2c(cnn2C(C)C)c1. The van der Waals surface area contributed by atoms with Crippen LogP contribution in [0.3, 0.4) is 0 Å². The standard InChI is InChI=1S/C20H24N4O2/c1-14(2)24-19-16(13-22-24)11-17(12-21-19)20(25)23(4)9-10-26-18-8-6-5-7-15(18)3/h5-8,11-14H,9-10H2,1-4H3. The van der Waals surface area contributed by atoms with Gasteiger partial charge in [0.05, 0.1) is 18.3 Å². The second-order valence-electron chi connectivity index (χ2n) is 6.66. The van der Waals surface area contributed by atoms with Gasteiger partial charge in [-0.2, -0.15) is 5.10 Å². The van der Waals surface area contributed by atoms with Crippen molar-refractivity contribution in [3.05, 3.63) is 53.9 Å². The number of carbonyl (C=O) groups is 1. The van der Waals surface area contributed by atoms with E-state index in [0.29, 0.717) is 18.7 Å². The van der Waals surface area contributed by atoms with E-state index in [1.54, 1.807) is 24.3 Å². The Hall–Kier alpha value is -2.89. The zero-order valence-electron chi connectivity index (χ0n) is 15.6. The fourth-order valence-corrected chi connectivity index (χ4v) is 2.77. The van der Waals surface area contributed by atoms with Gasteiger partial charge in [-0.3, -0.25) is 4.79 Å². The zero-order chi connectivity index (χ0) is 18.7. The van der Waals surface area contributed by atoms with Gasteiger partial charge in [-0.15, -0.1) is 0 Å². The van der Waals surface area contributed by atoms with Gasteiger partial charge in [-0.1, -0.05) is 18.2 Å². The molecule has 6 nitrogen and oxygen atoms in total. The number of ether oxygens (including phenoxy) is 1. The number of pyridine rings is 1. The Balaban J connectivity index is 1.64. The first-order valence-corrected chi connectivity index (χ1v) is 8.74. The molecular formula is C20H24N4O2. The van der Waals surface area contributed by atoms with Crippen LogP contribution in [0.25, 0.3) is 11.0 Å². The average Bonchev–Trinajstić information content (AvgIpc) is 3.06. The molecule has 2 heterocycles. The van der Waals surface area contributed by atoms with E-state index in [1.165, 1.54) is 0 Å². The van der Waals surface area contributed by atoms with Crippen LogP contribution in [-0.2, 0) is 0 Å². The predicted octanol–water partition coefficient (Wildman–Crippen LogP) is 3.47. The van der Waals surface area contributed by atoms with Crippen molar-refractivity contribution in [1.82, 2.24) is 19.7 Å². The Bertz CT molecular complexity index is 917. The first kappa shape index (κ1) is 17.9. The van der Waals surface area contributed by atoms with Crippen LogP contribution in [0.4, 0.5) is 0 Å². The van der Waals surface area contributed by atoms with Crippen molar-refractivity contribution in [3.63, 3.8) is 0 Å². The van der Waals surface area contributed by atoms with Crippen molar-refractivity contribution in [1.29, 1.82) is 0 Å². The summed E-state index contributed by atoms with van der Waals surface area (Å²) >= 11 is 0. The lowest BCUT2D eigenvalue weighted by molar-refractivity contribution is 0.0773. The highest BCUT2D eigenvalue weighted by Gasteiger charge is 2.15. The van der Waals surface area contributed by atoms with E-state index in [-0.39, 0.29) is 11.9 Å². The fraction of sp³-hybridized carbons (Fsp3) is 0.350. The minimum Gasteiger partial charge on any atom is -0.491 e. The van der Waals surface area contributed by atoms with E-state index in [0.717, 1.165) is 22.3 Å². The van der Waals surface area contributed by atoms with Crippen LogP contribution in [-0.4, -0.2) is 45.8 Å². The van der Waals surface area contributed by atoms with Gasteiger partial charge in [0, 0.05) is 24.7 Å². The molecule has 0 saturated carbocycles. The number of likely N-dealkylation sites (N-methyl/N-ethyl adjacent to an activating group) is 1. The van der Waals surface area contributed by atoms with E-state index in [4.69, 9.17) is 4.74 Å². The summed E-state index contributed by atoms with van der Waals surface area (Å²) in [6, 6.07) is 9.92. The number of aromatic nitrogens is 3. The molecule has 2 aromatic heterocycles. The molecule has 0 atom stereocenters. The minimum absolute atomic E-state index is 0.0786. The number of hydrogen-bond donors (Lipinski definition) is 0. The second kappa shape index (κ2) is 7.56. The highest BCUT2D eigenvalue weighted by molar-refractivity contribution is 5.96. The summed E-state index contributed by atoms with van der Waals surface area (Å²) in [6.07, 6.45) is 3.37. The molecule has 0 unspecified atom stereocenters. The molecule has 3 aromatic rings. The maximum absolute atomic E-state index is 12.6. The molecule has 0 aliphatic carbocycles. The molecule has 0 spiro atoms. The minimum atomic E-state index is -0.0786. The third-order valence-corrected chi connectivity index (χ3v) is 4.29. The first-order valence-electron chi connectivity index (χ1n) is 8.74. The number of rotatable bonds is 6. The van der Waals surface area contributed by atoms with Gasteiger partial charge in [-0.05, 0) is 38.5 Å². The lowest BCUT2D eigenvalue weighted by Crippen LogP contribution is -2.31. The van der Waals surface area contributed by atoms with Crippen molar-refractivity contribution in [3.8, 4) is 5.75 Å². The van der Waals surface area contributed by atoms with Crippen molar-refractivity contribution < 1.29 is 9.53 Å². The normalized spacial score (nSPS) is 11.1. The molecule has 136 valence electrons. The predicted molar refractivity (Wildman–Crippen MR) is 102 cm³/mol. The summed E-state index contributed by atoms with van der Waals surface area (Å²) in [6.45, 7) is 7.04. The Kier molecular flexibility index (Phi) is 5.21. The maximum atomic E-state index is 12.6. The summed E-state index contributed by atoms with van der Waals surface area (Å²) in [7, 11) is 1.77. The molecular weight excluding hydrogens is 328 g/mol. The summed E-state index contributed by atoms with van der Waals surface area (Å²) in [5, 5.41) is 5.21. The van der Waals surface area contributed by atoms with Gasteiger partial charge in [0.15, 0.2) is 5.65 Å². The summed E-state index contributed by atoms with van der Waals surface area (Å²) < 4.78 is 7.62. The van der Waals surface area contributed by atoms with Crippen molar-refractivity contribution in [2.45, 2.75) is 26.8 Å². The molecule has 1 aromatic carbocycles. The number of nitrogens with zero attached hydrogens (tertiary/aromatic N) is 4. The van der Waals surface area contributed by atoms with E-state index >= 15 is 0 Å². The van der Waals surface area contributed by atoms with Gasteiger partial charge in [0.25, 0.3) is 5.91 Å². The van der Waals surface area contributed by atoms with Crippen LogP contribution < -0.4 is 4.74 Å². The highest BCUT2D eigenvalue weighted by Crippen LogP contribution is 2.18. The molecule has 0 radical (unpaired) electrons. The number of benzene rings is 1. The Morgan fingerprint density at radius 1 is 1.27 bits per heavy atom. The fourth-order valence-electron chi connectivity index (χ4n) is 2.77. The lowest BCUT2D eigenvalue weighted by atomic mass is 10.2. The third-order valence-electron chi connectivity index (χ3n) is 4.29. The average molecular weight is 352 g/mol. The number of fused-ring (bicyclic) bond motifs is 1. The molecule has 1 amide bonds. The van der Waals surface area contributed by atoms with E-state index in [1.807, 2.05) is 41.9 Å². The van der Waals surface area contributed by atoms with Crippen molar-refractivity contribution >= 4 is 16.9 Å². The monoisotopic (exact) mass is 352 g/mol. The first-order chi connectivity index (χ1) is 12.5. The molecule has 0 N–H and O–H groups in total. The van der Waals surface area contributed by atoms with Crippen LogP contribution in [0.1, 0.15) is 35.8 Å². The molecule has 3 rings (SSSR count). The topological polar surface area (TPSA) is 60.2 Å². The smallest absolute Gasteiger partial charge is 0.255 e. The lowest BCUT2D eigenvalue weighted by Gasteiger charge is -2.18. The molecule has 6 heteroatoms. The van der Waals surface area contributed by atoms with Crippen LogP contribution in [0, 0.1) is 6.92 Å². The number of amides is 1. The largest absolute Gasteiger partial charge is 0.491 e. The second-order valence-corrected chi connectivity index (χ2v) is 6.66. The molecule has 26 heavy (non-hydrogen) atoms. The van der Waals surface area contributed by atoms with Crippen molar-refractivity contribution in [2.75, 3.05) is 20.2 Å². The van der Waals surface area contributed by atoms with Gasteiger partial charge in [0.2, 0.25) is 0 Å². The molecule has 0 aliphatic rings. The van der Waals surface area contributed by atoms with Crippen LogP contribution in [0.5, 0.6) is 5.75 Å². The van der Waals surface area contributed by atoms with Gasteiger partial charge in [-0.25, -0.2) is 9.67 Å². The zero-order valence-corrected chi connectivity index (χ0v) is 15.6. The molecule has 0 fully saturated rings. The Morgan fingerprint density at radius 3 is 2.77 bits per heavy atom.